The predicted octanol–water partition coefficient (Wildman–Crippen LogP) is 1.36. The Hall–Kier alpha value is -1.32. The maximum absolute atomic E-state index is 12.3. The topological polar surface area (TPSA) is 51.1 Å². The monoisotopic (exact) mass is 350 g/mol. The van der Waals surface area contributed by atoms with Crippen molar-refractivity contribution in [2.75, 3.05) is 39.8 Å². The fraction of sp³-hybridized carbons (Fsp3) is 0.643. The van der Waals surface area contributed by atoms with Crippen molar-refractivity contribution in [2.45, 2.75) is 18.8 Å². The second kappa shape index (κ2) is 7.98. The Morgan fingerprint density at radius 1 is 1.39 bits per heavy atom. The minimum atomic E-state index is -4.62. The summed E-state index contributed by atoms with van der Waals surface area (Å²) in [7, 11) is 1.53. The lowest BCUT2D eigenvalue weighted by molar-refractivity contribution is -0.201. The number of nitrogens with one attached hydrogen (secondary N) is 1. The largest absolute Gasteiger partial charge is 0.416 e. The molecule has 1 aromatic heterocycles. The number of hydrogen-bond donors (Lipinski definition) is 2. The lowest BCUT2D eigenvalue weighted by atomic mass is 10.3. The first-order chi connectivity index (χ1) is 10.9. The smallest absolute Gasteiger partial charge is 0.382 e. The highest BCUT2D eigenvalue weighted by molar-refractivity contribution is 7.09. The van der Waals surface area contributed by atoms with Gasteiger partial charge < -0.3 is 15.3 Å². The molecule has 2 heterocycles. The number of aliphatic hydroxyl groups is 1. The fourth-order valence-corrected chi connectivity index (χ4v) is 3.12. The average Bonchev–Trinajstić information content (AvgIpc) is 3.01. The molecule has 1 unspecified atom stereocenters. The highest BCUT2D eigenvalue weighted by Gasteiger charge is 2.38. The molecular formula is C14H21F3N4OS. The van der Waals surface area contributed by atoms with E-state index >= 15 is 0 Å². The van der Waals surface area contributed by atoms with E-state index in [2.05, 4.69) is 21.3 Å². The van der Waals surface area contributed by atoms with E-state index in [1.165, 1.54) is 11.9 Å². The molecule has 0 bridgehead atoms. The molecule has 0 aliphatic carbocycles. The molecule has 1 atom stereocenters. The predicted molar refractivity (Wildman–Crippen MR) is 84.6 cm³/mol. The quantitative estimate of drug-likeness (QED) is 0.636. The number of hydrogen-bond acceptors (Lipinski definition) is 4. The minimum absolute atomic E-state index is 0.393. The molecule has 2 rings (SSSR count). The van der Waals surface area contributed by atoms with Gasteiger partial charge in [0, 0.05) is 44.6 Å². The van der Waals surface area contributed by atoms with E-state index in [9.17, 15) is 13.2 Å². The highest BCUT2D eigenvalue weighted by atomic mass is 32.1. The number of rotatable bonds is 4. The van der Waals surface area contributed by atoms with E-state index < -0.39 is 18.8 Å². The Morgan fingerprint density at radius 3 is 2.61 bits per heavy atom. The zero-order valence-electron chi connectivity index (χ0n) is 12.9. The molecular weight excluding hydrogens is 329 g/mol. The summed E-state index contributed by atoms with van der Waals surface area (Å²) in [4.78, 5) is 9.52. The summed E-state index contributed by atoms with van der Waals surface area (Å²) in [5.41, 5.74) is 0. The number of aliphatic imine (C=N–C) groups is 1. The van der Waals surface area contributed by atoms with E-state index in [4.69, 9.17) is 5.11 Å². The van der Waals surface area contributed by atoms with Crippen LogP contribution in [0.4, 0.5) is 13.2 Å². The molecule has 1 aliphatic rings. The average molecular weight is 350 g/mol. The van der Waals surface area contributed by atoms with Crippen LogP contribution in [0.1, 0.15) is 4.88 Å². The van der Waals surface area contributed by atoms with Gasteiger partial charge in [0.15, 0.2) is 12.1 Å². The van der Waals surface area contributed by atoms with Gasteiger partial charge in [-0.25, -0.2) is 0 Å². The molecule has 0 radical (unpaired) electrons. The number of halogens is 3. The number of aliphatic hydroxyl groups excluding tert-OH is 1. The number of guanidine groups is 1. The van der Waals surface area contributed by atoms with Crippen molar-refractivity contribution in [3.8, 4) is 0 Å². The van der Waals surface area contributed by atoms with E-state index in [1.54, 1.807) is 11.3 Å². The number of alkyl halides is 3. The van der Waals surface area contributed by atoms with Crippen LogP contribution in [0.25, 0.3) is 0 Å². The Kier molecular flexibility index (Phi) is 6.25. The lowest BCUT2D eigenvalue weighted by Gasteiger charge is -2.36. The molecule has 130 valence electrons. The maximum Gasteiger partial charge on any atom is 0.416 e. The van der Waals surface area contributed by atoms with E-state index in [0.29, 0.717) is 19.0 Å². The second-order valence-corrected chi connectivity index (χ2v) is 6.36. The second-order valence-electron chi connectivity index (χ2n) is 5.33. The van der Waals surface area contributed by atoms with Crippen LogP contribution in [0.5, 0.6) is 0 Å². The number of piperazine rings is 1. The van der Waals surface area contributed by atoms with Crippen LogP contribution < -0.4 is 5.32 Å². The van der Waals surface area contributed by atoms with E-state index in [0.717, 1.165) is 19.6 Å². The zero-order valence-corrected chi connectivity index (χ0v) is 13.7. The van der Waals surface area contributed by atoms with Crippen molar-refractivity contribution in [1.82, 2.24) is 15.1 Å². The first kappa shape index (κ1) is 18.0. The molecule has 0 spiro atoms. The molecule has 1 aromatic rings. The van der Waals surface area contributed by atoms with Crippen molar-refractivity contribution in [2.24, 2.45) is 4.99 Å². The summed E-state index contributed by atoms with van der Waals surface area (Å²) in [5, 5.41) is 13.7. The molecule has 9 heteroatoms. The standard InChI is InChI=1S/C14H21F3N4OS/c1-18-13(19-9-12(22)14(15,16)17)21-6-4-20(5-7-21)10-11-3-2-8-23-11/h2-3,8,12,22H,4-7,9-10H2,1H3,(H,18,19). The van der Waals surface area contributed by atoms with Crippen LogP contribution in [-0.2, 0) is 6.54 Å². The van der Waals surface area contributed by atoms with Gasteiger partial charge in [-0.2, -0.15) is 13.2 Å². The molecule has 23 heavy (non-hydrogen) atoms. The fourth-order valence-electron chi connectivity index (χ4n) is 2.38. The minimum Gasteiger partial charge on any atom is -0.382 e. The lowest BCUT2D eigenvalue weighted by Crippen LogP contribution is -2.53. The Balaban J connectivity index is 1.78. The Labute approximate surface area is 137 Å². The summed E-state index contributed by atoms with van der Waals surface area (Å²) in [6.07, 6.45) is -7.01. The zero-order chi connectivity index (χ0) is 16.9. The third kappa shape index (κ3) is 5.36. The summed E-state index contributed by atoms with van der Waals surface area (Å²) in [6.45, 7) is 3.32. The summed E-state index contributed by atoms with van der Waals surface area (Å²) in [6, 6.07) is 4.12. The Morgan fingerprint density at radius 2 is 2.09 bits per heavy atom. The van der Waals surface area contributed by atoms with E-state index in [1.807, 2.05) is 16.3 Å². The normalized spacial score (nSPS) is 19.0. The van der Waals surface area contributed by atoms with Crippen molar-refractivity contribution >= 4 is 17.3 Å². The van der Waals surface area contributed by atoms with Crippen molar-refractivity contribution < 1.29 is 18.3 Å². The van der Waals surface area contributed by atoms with Crippen molar-refractivity contribution in [3.05, 3.63) is 22.4 Å². The van der Waals surface area contributed by atoms with Gasteiger partial charge in [-0.05, 0) is 11.4 Å². The van der Waals surface area contributed by atoms with Gasteiger partial charge in [-0.1, -0.05) is 6.07 Å². The van der Waals surface area contributed by atoms with Gasteiger partial charge in [0.05, 0.1) is 6.54 Å². The molecule has 0 saturated carbocycles. The Bertz CT molecular complexity index is 499. The molecule has 1 fully saturated rings. The van der Waals surface area contributed by atoms with Crippen LogP contribution in [0.3, 0.4) is 0 Å². The highest BCUT2D eigenvalue weighted by Crippen LogP contribution is 2.19. The first-order valence-electron chi connectivity index (χ1n) is 7.35. The van der Waals surface area contributed by atoms with Crippen LogP contribution in [0, 0.1) is 0 Å². The van der Waals surface area contributed by atoms with Gasteiger partial charge in [0.25, 0.3) is 0 Å². The molecule has 0 amide bonds. The van der Waals surface area contributed by atoms with Crippen LogP contribution in [0.15, 0.2) is 22.5 Å². The van der Waals surface area contributed by atoms with Crippen LogP contribution >= 0.6 is 11.3 Å². The molecule has 0 aromatic carbocycles. The van der Waals surface area contributed by atoms with Crippen LogP contribution in [0.2, 0.25) is 0 Å². The molecule has 2 N–H and O–H groups in total. The maximum atomic E-state index is 12.3. The summed E-state index contributed by atoms with van der Waals surface area (Å²) in [5.74, 6) is 0.393. The van der Waals surface area contributed by atoms with Gasteiger partial charge in [-0.3, -0.25) is 9.89 Å². The van der Waals surface area contributed by atoms with Crippen molar-refractivity contribution in [3.63, 3.8) is 0 Å². The van der Waals surface area contributed by atoms with Crippen molar-refractivity contribution in [1.29, 1.82) is 0 Å². The summed E-state index contributed by atoms with van der Waals surface area (Å²) >= 11 is 1.72. The van der Waals surface area contributed by atoms with Gasteiger partial charge >= 0.3 is 6.18 Å². The number of nitrogens with zero attached hydrogens (tertiary/aromatic N) is 3. The molecule has 5 nitrogen and oxygen atoms in total. The SMILES string of the molecule is CN=C(NCC(O)C(F)(F)F)N1CCN(Cc2cccs2)CC1. The summed E-state index contributed by atoms with van der Waals surface area (Å²) < 4.78 is 37.0. The number of thiophene rings is 1. The third-order valence-electron chi connectivity index (χ3n) is 3.67. The third-order valence-corrected chi connectivity index (χ3v) is 4.54. The first-order valence-corrected chi connectivity index (χ1v) is 8.23. The van der Waals surface area contributed by atoms with E-state index in [-0.39, 0.29) is 0 Å². The van der Waals surface area contributed by atoms with Gasteiger partial charge in [0.1, 0.15) is 0 Å². The van der Waals surface area contributed by atoms with Gasteiger partial charge in [0.2, 0.25) is 0 Å². The van der Waals surface area contributed by atoms with Crippen LogP contribution in [-0.4, -0.2) is 72.9 Å². The van der Waals surface area contributed by atoms with Gasteiger partial charge in [-0.15, -0.1) is 11.3 Å². The molecule has 1 aliphatic heterocycles. The molecule has 1 saturated heterocycles.